The second-order valence-corrected chi connectivity index (χ2v) is 10.5. The highest BCUT2D eigenvalue weighted by molar-refractivity contribution is 6.04. The van der Waals surface area contributed by atoms with Crippen LogP contribution < -0.4 is 21.3 Å². The Morgan fingerprint density at radius 3 is 2.45 bits per heavy atom. The Morgan fingerprint density at radius 2 is 1.89 bits per heavy atom. The fourth-order valence-corrected chi connectivity index (χ4v) is 4.65. The van der Waals surface area contributed by atoms with E-state index in [1.807, 2.05) is 44.7 Å². The van der Waals surface area contributed by atoms with E-state index in [0.29, 0.717) is 43.0 Å². The maximum atomic E-state index is 13.4. The van der Waals surface area contributed by atoms with Crippen LogP contribution >= 0.6 is 0 Å². The van der Waals surface area contributed by atoms with E-state index < -0.39 is 0 Å². The molecule has 1 aromatic rings. The third kappa shape index (κ3) is 7.28. The van der Waals surface area contributed by atoms with Gasteiger partial charge >= 0.3 is 0 Å². The van der Waals surface area contributed by atoms with E-state index >= 15 is 0 Å². The van der Waals surface area contributed by atoms with Crippen LogP contribution in [-0.2, 0) is 9.59 Å². The van der Waals surface area contributed by atoms with Crippen molar-refractivity contribution in [2.75, 3.05) is 38.0 Å². The van der Waals surface area contributed by atoms with Crippen LogP contribution in [-0.4, -0.2) is 73.1 Å². The quantitative estimate of drug-likeness (QED) is 0.172. The van der Waals surface area contributed by atoms with Gasteiger partial charge in [-0.05, 0) is 65.2 Å². The second-order valence-electron chi connectivity index (χ2n) is 10.5. The first-order chi connectivity index (χ1) is 18.1. The summed E-state index contributed by atoms with van der Waals surface area (Å²) in [6, 6.07) is 1.88. The summed E-state index contributed by atoms with van der Waals surface area (Å²) in [5, 5.41) is 20.1. The first-order valence-corrected chi connectivity index (χ1v) is 13.3. The molecule has 206 valence electrons. The van der Waals surface area contributed by atoms with Crippen LogP contribution in [0.4, 0.5) is 5.82 Å². The van der Waals surface area contributed by atoms with Crippen LogP contribution in [0.3, 0.4) is 0 Å². The molecule has 10 heteroatoms. The Labute approximate surface area is 225 Å². The number of likely N-dealkylation sites (tertiary alicyclic amines) is 1. The summed E-state index contributed by atoms with van der Waals surface area (Å²) >= 11 is 0. The van der Waals surface area contributed by atoms with E-state index in [0.717, 1.165) is 48.5 Å². The Morgan fingerprint density at radius 1 is 1.21 bits per heavy atom. The standard InChI is InChI=1S/C28H41N7O3/c1-17(2)33-26-24(12-29)23(27(37)31-13-19(4)18(3)10-20(5)32-16-36)11-25(34-26)21-6-8-35(9-7-21)28(38)22-14-30-15-22/h10-12,16-17,21-22,29-30H,6-9,13-15H2,1-5H3,(H,31,37)(H,32,36)(H,33,34)/b19-18+,20-10-,29-12?. The minimum Gasteiger partial charge on any atom is -0.367 e. The molecule has 0 radical (unpaired) electrons. The number of allylic oxidation sites excluding steroid dienone is 3. The molecular formula is C28H41N7O3. The molecule has 5 N–H and O–H groups in total. The highest BCUT2D eigenvalue weighted by Crippen LogP contribution is 2.31. The van der Waals surface area contributed by atoms with Crippen molar-refractivity contribution in [2.24, 2.45) is 5.92 Å². The normalized spacial score (nSPS) is 17.4. The van der Waals surface area contributed by atoms with Crippen LogP contribution in [0.25, 0.3) is 0 Å². The van der Waals surface area contributed by atoms with Gasteiger partial charge in [-0.15, -0.1) is 0 Å². The van der Waals surface area contributed by atoms with Gasteiger partial charge in [-0.3, -0.25) is 14.4 Å². The molecule has 0 aromatic carbocycles. The number of anilines is 1. The van der Waals surface area contributed by atoms with Crippen LogP contribution in [0.2, 0.25) is 0 Å². The predicted octanol–water partition coefficient (Wildman–Crippen LogP) is 2.54. The minimum atomic E-state index is -0.275. The van der Waals surface area contributed by atoms with Gasteiger partial charge in [0.25, 0.3) is 5.91 Å². The Balaban J connectivity index is 1.80. The molecule has 38 heavy (non-hydrogen) atoms. The summed E-state index contributed by atoms with van der Waals surface area (Å²) in [6.07, 6.45) is 5.23. The number of amides is 3. The summed E-state index contributed by atoms with van der Waals surface area (Å²) in [6.45, 7) is 12.8. The summed E-state index contributed by atoms with van der Waals surface area (Å²) in [7, 11) is 0. The largest absolute Gasteiger partial charge is 0.367 e. The van der Waals surface area contributed by atoms with Crippen molar-refractivity contribution in [1.29, 1.82) is 5.41 Å². The molecule has 1 aromatic heterocycles. The van der Waals surface area contributed by atoms with E-state index in [2.05, 4.69) is 21.3 Å². The first kappa shape index (κ1) is 29.0. The fourth-order valence-electron chi connectivity index (χ4n) is 4.65. The monoisotopic (exact) mass is 523 g/mol. The smallest absolute Gasteiger partial charge is 0.252 e. The van der Waals surface area contributed by atoms with E-state index in [9.17, 15) is 14.4 Å². The van der Waals surface area contributed by atoms with Gasteiger partial charge in [0.05, 0.1) is 11.5 Å². The van der Waals surface area contributed by atoms with Crippen molar-refractivity contribution < 1.29 is 14.4 Å². The van der Waals surface area contributed by atoms with E-state index in [1.165, 1.54) is 6.21 Å². The third-order valence-electron chi connectivity index (χ3n) is 7.16. The number of piperidine rings is 1. The molecule has 0 spiro atoms. The van der Waals surface area contributed by atoms with Gasteiger partial charge in [0.2, 0.25) is 12.3 Å². The first-order valence-electron chi connectivity index (χ1n) is 13.3. The zero-order valence-corrected chi connectivity index (χ0v) is 23.1. The van der Waals surface area contributed by atoms with Gasteiger partial charge < -0.3 is 31.6 Å². The topological polar surface area (TPSA) is 139 Å². The summed E-state index contributed by atoms with van der Waals surface area (Å²) in [4.78, 5) is 43.5. The number of hydrogen-bond donors (Lipinski definition) is 5. The van der Waals surface area contributed by atoms with Crippen molar-refractivity contribution in [3.8, 4) is 0 Å². The number of carbonyl (C=O) groups is 3. The maximum Gasteiger partial charge on any atom is 0.252 e. The lowest BCUT2D eigenvalue weighted by Crippen LogP contribution is -2.53. The molecule has 3 amide bonds. The SMILES string of the molecule is C/C(=C/C(C)=C(\C)CNC(=O)c1cc(C2CCN(C(=O)C3CNC3)CC2)nc(NC(C)C)c1C=N)NC=O. The van der Waals surface area contributed by atoms with Gasteiger partial charge in [0, 0.05) is 67.9 Å². The molecular weight excluding hydrogens is 482 g/mol. The molecule has 0 unspecified atom stereocenters. The highest BCUT2D eigenvalue weighted by Gasteiger charge is 2.32. The van der Waals surface area contributed by atoms with Gasteiger partial charge in [-0.2, -0.15) is 0 Å². The Kier molecular flexibility index (Phi) is 10.2. The van der Waals surface area contributed by atoms with E-state index in [4.69, 9.17) is 10.4 Å². The number of carbonyl (C=O) groups excluding carboxylic acids is 3. The molecule has 0 saturated carbocycles. The molecule has 0 bridgehead atoms. The molecule has 2 aliphatic rings. The zero-order chi connectivity index (χ0) is 27.8. The lowest BCUT2D eigenvalue weighted by molar-refractivity contribution is -0.138. The van der Waals surface area contributed by atoms with Crippen LogP contribution in [0, 0.1) is 11.3 Å². The molecule has 2 fully saturated rings. The highest BCUT2D eigenvalue weighted by atomic mass is 16.2. The number of nitrogens with zero attached hydrogens (tertiary/aromatic N) is 2. The molecule has 0 atom stereocenters. The molecule has 0 aliphatic carbocycles. The van der Waals surface area contributed by atoms with Gasteiger partial charge in [-0.25, -0.2) is 4.98 Å². The Hall–Kier alpha value is -3.53. The van der Waals surface area contributed by atoms with Gasteiger partial charge in [0.15, 0.2) is 0 Å². The summed E-state index contributed by atoms with van der Waals surface area (Å²) in [5.41, 5.74) is 4.29. The molecule has 10 nitrogen and oxygen atoms in total. The number of nitrogens with one attached hydrogen (secondary N) is 5. The number of aromatic nitrogens is 1. The average Bonchev–Trinajstić information content (AvgIpc) is 2.85. The molecule has 2 saturated heterocycles. The lowest BCUT2D eigenvalue weighted by Gasteiger charge is -2.37. The van der Waals surface area contributed by atoms with Gasteiger partial charge in [-0.1, -0.05) is 5.57 Å². The maximum absolute atomic E-state index is 13.4. The number of pyridine rings is 1. The molecule has 3 rings (SSSR count). The summed E-state index contributed by atoms with van der Waals surface area (Å²) in [5.74, 6) is 0.694. The third-order valence-corrected chi connectivity index (χ3v) is 7.16. The number of rotatable bonds is 11. The summed E-state index contributed by atoms with van der Waals surface area (Å²) < 4.78 is 0. The molecule has 3 heterocycles. The lowest BCUT2D eigenvalue weighted by atomic mass is 9.90. The van der Waals surface area contributed by atoms with E-state index in [-0.39, 0.29) is 29.7 Å². The Bertz CT molecular complexity index is 1110. The van der Waals surface area contributed by atoms with Crippen molar-refractivity contribution in [1.82, 2.24) is 25.8 Å². The van der Waals surface area contributed by atoms with E-state index in [1.54, 1.807) is 6.92 Å². The minimum absolute atomic E-state index is 0.0748. The predicted molar refractivity (Wildman–Crippen MR) is 149 cm³/mol. The van der Waals surface area contributed by atoms with Gasteiger partial charge in [0.1, 0.15) is 5.82 Å². The van der Waals surface area contributed by atoms with Crippen molar-refractivity contribution in [3.63, 3.8) is 0 Å². The average molecular weight is 524 g/mol. The van der Waals surface area contributed by atoms with Crippen molar-refractivity contribution in [2.45, 2.75) is 59.4 Å². The van der Waals surface area contributed by atoms with Crippen molar-refractivity contribution in [3.05, 3.63) is 45.8 Å². The van der Waals surface area contributed by atoms with Crippen molar-refractivity contribution >= 4 is 30.3 Å². The number of hydrogen-bond acceptors (Lipinski definition) is 7. The zero-order valence-electron chi connectivity index (χ0n) is 23.1. The fraction of sp³-hybridized carbons (Fsp3) is 0.536. The van der Waals surface area contributed by atoms with Crippen LogP contribution in [0.5, 0.6) is 0 Å². The van der Waals surface area contributed by atoms with Crippen LogP contribution in [0.1, 0.15) is 75.0 Å². The molecule has 2 aliphatic heterocycles. The second kappa shape index (κ2) is 13.3. The van der Waals surface area contributed by atoms with Crippen LogP contribution in [0.15, 0.2) is 29.0 Å².